The number of carbonyl (C=O) groups excluding carboxylic acids is 2. The first-order valence-corrected chi connectivity index (χ1v) is 14.3. The Kier molecular flexibility index (Phi) is 9.94. The Bertz CT molecular complexity index is 1380. The zero-order valence-corrected chi connectivity index (χ0v) is 23.7. The molecule has 1 N–H and O–H groups in total. The number of amides is 2. The summed E-state index contributed by atoms with van der Waals surface area (Å²) < 4.78 is 28.7. The maximum atomic E-state index is 13.9. The highest BCUT2D eigenvalue weighted by molar-refractivity contribution is 7.92. The molecule has 7 nitrogen and oxygen atoms in total. The van der Waals surface area contributed by atoms with Gasteiger partial charge in [-0.3, -0.25) is 13.9 Å². The average Bonchev–Trinajstić information content (AvgIpc) is 2.90. The molecule has 0 bridgehead atoms. The lowest BCUT2D eigenvalue weighted by atomic mass is 10.1. The molecule has 1 atom stereocenters. The van der Waals surface area contributed by atoms with Crippen LogP contribution in [0.3, 0.4) is 0 Å². The minimum absolute atomic E-state index is 0.0370. The average molecular weight is 556 g/mol. The summed E-state index contributed by atoms with van der Waals surface area (Å²) in [6.45, 7) is 7.47. The van der Waals surface area contributed by atoms with Crippen molar-refractivity contribution in [1.29, 1.82) is 0 Å². The number of hydrogen-bond acceptors (Lipinski definition) is 4. The quantitative estimate of drug-likeness (QED) is 0.357. The molecule has 0 aliphatic heterocycles. The lowest BCUT2D eigenvalue weighted by molar-refractivity contribution is -0.139. The second-order valence-corrected chi connectivity index (χ2v) is 11.5. The Labute approximate surface area is 230 Å². The van der Waals surface area contributed by atoms with Crippen LogP contribution in [0.2, 0.25) is 5.02 Å². The van der Waals surface area contributed by atoms with E-state index in [-0.39, 0.29) is 28.1 Å². The van der Waals surface area contributed by atoms with Crippen LogP contribution < -0.4 is 9.62 Å². The summed E-state index contributed by atoms with van der Waals surface area (Å²) in [5.74, 6) is -0.831. The molecule has 0 saturated carbocycles. The van der Waals surface area contributed by atoms with E-state index in [0.29, 0.717) is 6.54 Å². The third-order valence-corrected chi connectivity index (χ3v) is 8.42. The number of nitrogens with zero attached hydrogens (tertiary/aromatic N) is 2. The number of rotatable bonds is 11. The van der Waals surface area contributed by atoms with E-state index in [1.807, 2.05) is 45.0 Å². The van der Waals surface area contributed by atoms with E-state index in [0.717, 1.165) is 27.4 Å². The predicted molar refractivity (Wildman–Crippen MR) is 152 cm³/mol. The first-order chi connectivity index (χ1) is 18.1. The molecule has 0 saturated heterocycles. The number of aryl methyl sites for hydroxylation is 2. The molecule has 0 heterocycles. The molecule has 9 heteroatoms. The first-order valence-electron chi connectivity index (χ1n) is 12.5. The zero-order chi connectivity index (χ0) is 27.9. The van der Waals surface area contributed by atoms with Gasteiger partial charge < -0.3 is 10.2 Å². The molecule has 0 spiro atoms. The van der Waals surface area contributed by atoms with Crippen molar-refractivity contribution < 1.29 is 18.0 Å². The minimum Gasteiger partial charge on any atom is -0.354 e. The monoisotopic (exact) mass is 555 g/mol. The van der Waals surface area contributed by atoms with Crippen molar-refractivity contribution in [3.8, 4) is 0 Å². The summed E-state index contributed by atoms with van der Waals surface area (Å²) in [6, 6.07) is 19.6. The Morgan fingerprint density at radius 3 is 2.21 bits per heavy atom. The van der Waals surface area contributed by atoms with Crippen LogP contribution in [0.15, 0.2) is 77.7 Å². The van der Waals surface area contributed by atoms with Gasteiger partial charge in [-0.1, -0.05) is 72.6 Å². The Morgan fingerprint density at radius 2 is 1.58 bits per heavy atom. The maximum absolute atomic E-state index is 13.9. The van der Waals surface area contributed by atoms with E-state index in [9.17, 15) is 18.0 Å². The molecular weight excluding hydrogens is 522 g/mol. The molecular formula is C29H34ClN3O4S. The molecule has 0 unspecified atom stereocenters. The maximum Gasteiger partial charge on any atom is 0.264 e. The van der Waals surface area contributed by atoms with Crippen molar-refractivity contribution in [3.05, 3.63) is 94.5 Å². The highest BCUT2D eigenvalue weighted by Gasteiger charge is 2.33. The van der Waals surface area contributed by atoms with Gasteiger partial charge in [-0.2, -0.15) is 0 Å². The number of nitrogens with one attached hydrogen (secondary N) is 1. The minimum atomic E-state index is -4.16. The summed E-state index contributed by atoms with van der Waals surface area (Å²) in [4.78, 5) is 28.3. The van der Waals surface area contributed by atoms with Gasteiger partial charge in [0, 0.05) is 13.1 Å². The van der Waals surface area contributed by atoms with Gasteiger partial charge in [0.1, 0.15) is 12.6 Å². The fraction of sp³-hybridized carbons (Fsp3) is 0.310. The molecule has 202 valence electrons. The third-order valence-electron chi connectivity index (χ3n) is 6.33. The van der Waals surface area contributed by atoms with Crippen molar-refractivity contribution >= 4 is 39.1 Å². The van der Waals surface area contributed by atoms with Crippen LogP contribution in [-0.4, -0.2) is 44.3 Å². The molecule has 3 aromatic carbocycles. The highest BCUT2D eigenvalue weighted by Crippen LogP contribution is 2.31. The zero-order valence-electron chi connectivity index (χ0n) is 22.1. The van der Waals surface area contributed by atoms with Crippen LogP contribution in [0.5, 0.6) is 0 Å². The standard InChI is InChI=1S/C29H34ClN3O4S/c1-5-18-31-29(35)23(4)32(19-24-11-7-6-10-22(24)3)28(34)20-33(27-13-9-8-12-26(27)30)38(36,37)25-16-14-21(2)15-17-25/h6-17,23H,5,18-20H2,1-4H3,(H,31,35)/t23-/m0/s1. The van der Waals surface area contributed by atoms with Crippen molar-refractivity contribution in [2.45, 2.75) is 51.6 Å². The van der Waals surface area contributed by atoms with Crippen LogP contribution in [0.4, 0.5) is 5.69 Å². The molecule has 0 aromatic heterocycles. The second-order valence-electron chi connectivity index (χ2n) is 9.19. The molecule has 0 fully saturated rings. The molecule has 2 amide bonds. The summed E-state index contributed by atoms with van der Waals surface area (Å²) in [7, 11) is -4.16. The van der Waals surface area contributed by atoms with Crippen molar-refractivity contribution in [2.24, 2.45) is 0 Å². The number of carbonyl (C=O) groups is 2. The second kappa shape index (κ2) is 12.9. The van der Waals surface area contributed by atoms with Gasteiger partial charge in [0.2, 0.25) is 11.8 Å². The molecule has 38 heavy (non-hydrogen) atoms. The molecule has 0 radical (unpaired) electrons. The van der Waals surface area contributed by atoms with Crippen LogP contribution >= 0.6 is 11.6 Å². The summed E-state index contributed by atoms with van der Waals surface area (Å²) >= 11 is 6.43. The largest absolute Gasteiger partial charge is 0.354 e. The van der Waals surface area contributed by atoms with Gasteiger partial charge in [-0.15, -0.1) is 0 Å². The van der Waals surface area contributed by atoms with Crippen LogP contribution in [-0.2, 0) is 26.2 Å². The summed E-state index contributed by atoms with van der Waals surface area (Å²) in [5.41, 5.74) is 2.91. The highest BCUT2D eigenvalue weighted by atomic mass is 35.5. The van der Waals surface area contributed by atoms with Crippen LogP contribution in [0.25, 0.3) is 0 Å². The Balaban J connectivity index is 2.04. The fourth-order valence-corrected chi connectivity index (χ4v) is 5.68. The Morgan fingerprint density at radius 1 is 0.947 bits per heavy atom. The molecule has 3 rings (SSSR count). The van der Waals surface area contributed by atoms with Gasteiger partial charge in [0.05, 0.1) is 15.6 Å². The van der Waals surface area contributed by atoms with E-state index in [2.05, 4.69) is 5.32 Å². The summed E-state index contributed by atoms with van der Waals surface area (Å²) in [6.07, 6.45) is 0.749. The van der Waals surface area contributed by atoms with Crippen molar-refractivity contribution in [3.63, 3.8) is 0 Å². The lowest BCUT2D eigenvalue weighted by Gasteiger charge is -2.32. The number of benzene rings is 3. The van der Waals surface area contributed by atoms with Gasteiger partial charge in [0.15, 0.2) is 0 Å². The fourth-order valence-electron chi connectivity index (χ4n) is 3.95. The van der Waals surface area contributed by atoms with E-state index in [4.69, 9.17) is 11.6 Å². The normalized spacial score (nSPS) is 12.0. The van der Waals surface area contributed by atoms with E-state index in [1.165, 1.54) is 17.0 Å². The van der Waals surface area contributed by atoms with Gasteiger partial charge >= 0.3 is 0 Å². The SMILES string of the molecule is CCCNC(=O)[C@H](C)N(Cc1ccccc1C)C(=O)CN(c1ccccc1Cl)S(=O)(=O)c1ccc(C)cc1. The molecule has 0 aliphatic rings. The predicted octanol–water partition coefficient (Wildman–Crippen LogP) is 5.10. The third kappa shape index (κ3) is 6.94. The van der Waals surface area contributed by atoms with Crippen molar-refractivity contribution in [2.75, 3.05) is 17.4 Å². The first kappa shape index (κ1) is 29.2. The van der Waals surface area contributed by atoms with Crippen LogP contribution in [0, 0.1) is 13.8 Å². The van der Waals surface area contributed by atoms with Crippen molar-refractivity contribution in [1.82, 2.24) is 10.2 Å². The van der Waals surface area contributed by atoms with Gasteiger partial charge in [-0.25, -0.2) is 8.42 Å². The van der Waals surface area contributed by atoms with Gasteiger partial charge in [0.25, 0.3) is 10.0 Å². The van der Waals surface area contributed by atoms with E-state index >= 15 is 0 Å². The smallest absolute Gasteiger partial charge is 0.264 e. The Hall–Kier alpha value is -3.36. The summed E-state index contributed by atoms with van der Waals surface area (Å²) in [5, 5.41) is 3.03. The number of hydrogen-bond donors (Lipinski definition) is 1. The molecule has 3 aromatic rings. The topological polar surface area (TPSA) is 86.8 Å². The number of halogens is 1. The number of para-hydroxylation sites is 1. The van der Waals surface area contributed by atoms with E-state index in [1.54, 1.807) is 43.3 Å². The van der Waals surface area contributed by atoms with E-state index < -0.39 is 28.5 Å². The number of sulfonamides is 1. The molecule has 0 aliphatic carbocycles. The lowest BCUT2D eigenvalue weighted by Crippen LogP contribution is -2.51. The number of anilines is 1. The van der Waals surface area contributed by atoms with Crippen LogP contribution in [0.1, 0.15) is 37.0 Å². The van der Waals surface area contributed by atoms with Gasteiger partial charge in [-0.05, 0) is 62.6 Å².